The number of benzene rings is 1. The summed E-state index contributed by atoms with van der Waals surface area (Å²) >= 11 is 11.4. The summed E-state index contributed by atoms with van der Waals surface area (Å²) in [6.07, 6.45) is 0. The summed E-state index contributed by atoms with van der Waals surface area (Å²) in [6, 6.07) is 9.25. The van der Waals surface area contributed by atoms with Crippen LogP contribution in [0.2, 0.25) is 0 Å². The zero-order valence-corrected chi connectivity index (χ0v) is 12.6. The maximum Gasteiger partial charge on any atom is 0.368 e. The van der Waals surface area contributed by atoms with Gasteiger partial charge in [0.15, 0.2) is 0 Å². The molecule has 102 valence electrons. The van der Waals surface area contributed by atoms with Gasteiger partial charge in [0.2, 0.25) is 0 Å². The topological polar surface area (TPSA) is 41.6 Å². The summed E-state index contributed by atoms with van der Waals surface area (Å²) in [7, 11) is -1.74. The SMILES string of the molecule is COP(=O)(Nc1ccccc1)N(CCCl)CCCl. The molecule has 0 heterocycles. The molecule has 7 heteroatoms. The second-order valence-corrected chi connectivity index (χ2v) is 6.46. The lowest BCUT2D eigenvalue weighted by atomic mass is 10.3. The monoisotopic (exact) mass is 310 g/mol. The molecule has 0 fully saturated rings. The molecule has 1 unspecified atom stereocenters. The van der Waals surface area contributed by atoms with Crippen molar-refractivity contribution >= 4 is 36.6 Å². The first-order valence-electron chi connectivity index (χ1n) is 5.52. The van der Waals surface area contributed by atoms with E-state index in [1.165, 1.54) is 7.11 Å². The Morgan fingerprint density at radius 3 is 2.22 bits per heavy atom. The van der Waals surface area contributed by atoms with E-state index in [1.54, 1.807) is 4.67 Å². The minimum atomic E-state index is -3.15. The van der Waals surface area contributed by atoms with Crippen LogP contribution in [0.1, 0.15) is 0 Å². The van der Waals surface area contributed by atoms with E-state index in [-0.39, 0.29) is 0 Å². The van der Waals surface area contributed by atoms with E-state index in [0.29, 0.717) is 24.8 Å². The lowest BCUT2D eigenvalue weighted by molar-refractivity contribution is 0.323. The summed E-state index contributed by atoms with van der Waals surface area (Å²) in [5.41, 5.74) is 0.733. The van der Waals surface area contributed by atoms with Crippen molar-refractivity contribution in [1.29, 1.82) is 0 Å². The average Bonchev–Trinajstić information content (AvgIpc) is 2.39. The van der Waals surface area contributed by atoms with E-state index in [0.717, 1.165) is 5.69 Å². The van der Waals surface area contributed by atoms with Gasteiger partial charge in [-0.05, 0) is 12.1 Å². The van der Waals surface area contributed by atoms with Crippen molar-refractivity contribution < 1.29 is 9.09 Å². The first kappa shape index (κ1) is 15.8. The molecule has 1 aromatic carbocycles. The highest BCUT2D eigenvalue weighted by atomic mass is 35.5. The first-order valence-corrected chi connectivity index (χ1v) is 8.17. The van der Waals surface area contributed by atoms with Crippen LogP contribution in [0, 0.1) is 0 Å². The third kappa shape index (κ3) is 4.45. The third-order valence-electron chi connectivity index (χ3n) is 2.35. The Labute approximate surface area is 118 Å². The number of anilines is 1. The molecule has 0 saturated heterocycles. The van der Waals surface area contributed by atoms with Crippen molar-refractivity contribution in [1.82, 2.24) is 4.67 Å². The fourth-order valence-electron chi connectivity index (χ4n) is 1.48. The molecule has 18 heavy (non-hydrogen) atoms. The molecular weight excluding hydrogens is 294 g/mol. The van der Waals surface area contributed by atoms with Gasteiger partial charge in [0.1, 0.15) is 0 Å². The van der Waals surface area contributed by atoms with Crippen molar-refractivity contribution in [2.24, 2.45) is 0 Å². The Bertz CT molecular complexity index is 386. The van der Waals surface area contributed by atoms with Crippen molar-refractivity contribution in [2.45, 2.75) is 0 Å². The quantitative estimate of drug-likeness (QED) is 0.588. The smallest absolute Gasteiger partial charge is 0.305 e. The van der Waals surface area contributed by atoms with Crippen LogP contribution in [0.3, 0.4) is 0 Å². The second-order valence-electron chi connectivity index (χ2n) is 3.51. The summed E-state index contributed by atoms with van der Waals surface area (Å²) in [5, 5.41) is 2.92. The van der Waals surface area contributed by atoms with Gasteiger partial charge in [0.05, 0.1) is 0 Å². The zero-order valence-electron chi connectivity index (χ0n) is 10.2. The van der Waals surface area contributed by atoms with Crippen LogP contribution in [0.5, 0.6) is 0 Å². The molecule has 0 aromatic heterocycles. The largest absolute Gasteiger partial charge is 0.368 e. The number of rotatable bonds is 8. The van der Waals surface area contributed by atoms with E-state index in [4.69, 9.17) is 27.7 Å². The Kier molecular flexibility index (Phi) is 7.05. The Hall–Kier alpha value is -0.250. The molecule has 0 amide bonds. The molecule has 0 radical (unpaired) electrons. The number of alkyl halides is 2. The normalized spacial score (nSPS) is 14.4. The minimum Gasteiger partial charge on any atom is -0.305 e. The summed E-state index contributed by atoms with van der Waals surface area (Å²) in [4.78, 5) is 0. The van der Waals surface area contributed by atoms with Crippen LogP contribution in [-0.4, -0.2) is 36.6 Å². The van der Waals surface area contributed by atoms with E-state index in [1.807, 2.05) is 30.3 Å². The standard InChI is InChI=1S/C11H17Cl2N2O2P/c1-17-18(16,15(9-7-12)10-8-13)14-11-5-3-2-4-6-11/h2-6H,7-10H2,1H3,(H,14,16). The van der Waals surface area contributed by atoms with Gasteiger partial charge in [-0.2, -0.15) is 0 Å². The average molecular weight is 311 g/mol. The summed E-state index contributed by atoms with van der Waals surface area (Å²) < 4.78 is 19.5. The van der Waals surface area contributed by atoms with Crippen molar-refractivity contribution in [2.75, 3.05) is 37.0 Å². The van der Waals surface area contributed by atoms with Crippen LogP contribution in [0.4, 0.5) is 5.69 Å². The summed E-state index contributed by atoms with van der Waals surface area (Å²) in [5.74, 6) is 0.724. The van der Waals surface area contributed by atoms with Gasteiger partial charge in [0, 0.05) is 37.6 Å². The van der Waals surface area contributed by atoms with Crippen molar-refractivity contribution in [3.63, 3.8) is 0 Å². The molecule has 1 atom stereocenters. The lowest BCUT2D eigenvalue weighted by Crippen LogP contribution is -2.28. The van der Waals surface area contributed by atoms with Gasteiger partial charge >= 0.3 is 7.67 Å². The number of hydrogen-bond donors (Lipinski definition) is 1. The number of nitrogens with zero attached hydrogens (tertiary/aromatic N) is 1. The van der Waals surface area contributed by atoms with Crippen LogP contribution in [0.15, 0.2) is 30.3 Å². The van der Waals surface area contributed by atoms with Crippen LogP contribution < -0.4 is 5.09 Å². The molecule has 0 aliphatic carbocycles. The molecule has 1 aromatic rings. The molecule has 0 aliphatic heterocycles. The molecule has 4 nitrogen and oxygen atoms in total. The van der Waals surface area contributed by atoms with Gasteiger partial charge in [-0.25, -0.2) is 9.24 Å². The Balaban J connectivity index is 2.85. The highest BCUT2D eigenvalue weighted by molar-refractivity contribution is 7.58. The molecule has 0 spiro atoms. The van der Waals surface area contributed by atoms with Gasteiger partial charge in [-0.1, -0.05) is 18.2 Å². The highest BCUT2D eigenvalue weighted by Gasteiger charge is 2.30. The molecule has 1 N–H and O–H groups in total. The highest BCUT2D eigenvalue weighted by Crippen LogP contribution is 2.49. The van der Waals surface area contributed by atoms with Crippen LogP contribution >= 0.6 is 30.9 Å². The predicted octanol–water partition coefficient (Wildman–Crippen LogP) is 3.63. The minimum absolute atomic E-state index is 0.362. The lowest BCUT2D eigenvalue weighted by Gasteiger charge is -2.29. The van der Waals surface area contributed by atoms with Crippen molar-refractivity contribution in [3.8, 4) is 0 Å². The third-order valence-corrected chi connectivity index (χ3v) is 4.87. The van der Waals surface area contributed by atoms with Crippen LogP contribution in [0.25, 0.3) is 0 Å². The molecule has 0 bridgehead atoms. The van der Waals surface area contributed by atoms with E-state index in [9.17, 15) is 4.57 Å². The van der Waals surface area contributed by atoms with Gasteiger partial charge in [0.25, 0.3) is 0 Å². The maximum absolute atomic E-state index is 12.7. The number of para-hydroxylation sites is 1. The number of nitrogens with one attached hydrogen (secondary N) is 1. The predicted molar refractivity (Wildman–Crippen MR) is 77.7 cm³/mol. The molecule has 0 aliphatic rings. The molecule has 0 saturated carbocycles. The maximum atomic E-state index is 12.7. The fraction of sp³-hybridized carbons (Fsp3) is 0.455. The van der Waals surface area contributed by atoms with Gasteiger partial charge in [-0.3, -0.25) is 0 Å². The van der Waals surface area contributed by atoms with Crippen LogP contribution in [-0.2, 0) is 9.09 Å². The Morgan fingerprint density at radius 2 is 1.78 bits per heavy atom. The Morgan fingerprint density at radius 1 is 1.22 bits per heavy atom. The van der Waals surface area contributed by atoms with Crippen molar-refractivity contribution in [3.05, 3.63) is 30.3 Å². The molecule has 1 rings (SSSR count). The second kappa shape index (κ2) is 8.03. The number of hydrogen-bond acceptors (Lipinski definition) is 2. The molecular formula is C11H17Cl2N2O2P. The number of halogens is 2. The first-order chi connectivity index (χ1) is 8.66. The summed E-state index contributed by atoms with van der Waals surface area (Å²) in [6.45, 7) is 0.887. The van der Waals surface area contributed by atoms with Gasteiger partial charge in [-0.15, -0.1) is 23.2 Å². The van der Waals surface area contributed by atoms with E-state index < -0.39 is 7.67 Å². The van der Waals surface area contributed by atoms with Gasteiger partial charge < -0.3 is 9.61 Å². The zero-order chi connectivity index (χ0) is 13.4. The fourth-order valence-corrected chi connectivity index (χ4v) is 3.79. The van der Waals surface area contributed by atoms with E-state index in [2.05, 4.69) is 5.09 Å². The van der Waals surface area contributed by atoms with E-state index >= 15 is 0 Å².